The van der Waals surface area contributed by atoms with E-state index in [0.717, 1.165) is 0 Å². The van der Waals surface area contributed by atoms with Crippen molar-refractivity contribution in [1.29, 1.82) is 0 Å². The SMILES string of the molecule is CC(CCc1ccccc1F)C(=O)NCCN.Cl. The Labute approximate surface area is 113 Å². The molecule has 0 fully saturated rings. The van der Waals surface area contributed by atoms with Crippen LogP contribution in [-0.2, 0) is 11.2 Å². The van der Waals surface area contributed by atoms with Gasteiger partial charge >= 0.3 is 0 Å². The molecule has 1 aromatic carbocycles. The zero-order valence-corrected chi connectivity index (χ0v) is 11.3. The molecule has 3 nitrogen and oxygen atoms in total. The van der Waals surface area contributed by atoms with Gasteiger partial charge in [0.05, 0.1) is 0 Å². The maximum atomic E-state index is 13.3. The van der Waals surface area contributed by atoms with Gasteiger partial charge in [-0.1, -0.05) is 25.1 Å². The summed E-state index contributed by atoms with van der Waals surface area (Å²) in [7, 11) is 0. The Kier molecular flexibility index (Phi) is 8.33. The highest BCUT2D eigenvalue weighted by molar-refractivity contribution is 5.85. The number of carbonyl (C=O) groups excluding carboxylic acids is 1. The third kappa shape index (κ3) is 5.47. The van der Waals surface area contributed by atoms with Crippen LogP contribution in [0, 0.1) is 11.7 Å². The topological polar surface area (TPSA) is 55.1 Å². The maximum Gasteiger partial charge on any atom is 0.222 e. The van der Waals surface area contributed by atoms with Crippen LogP contribution in [-0.4, -0.2) is 19.0 Å². The second-order valence-corrected chi connectivity index (χ2v) is 4.11. The Morgan fingerprint density at radius 2 is 2.11 bits per heavy atom. The van der Waals surface area contributed by atoms with Gasteiger partial charge in [0.15, 0.2) is 0 Å². The molecule has 0 aliphatic rings. The fourth-order valence-electron chi connectivity index (χ4n) is 1.57. The minimum absolute atomic E-state index is 0. The first-order chi connectivity index (χ1) is 8.15. The summed E-state index contributed by atoms with van der Waals surface area (Å²) in [5, 5.41) is 2.73. The van der Waals surface area contributed by atoms with Crippen molar-refractivity contribution < 1.29 is 9.18 Å². The molecule has 0 radical (unpaired) electrons. The van der Waals surface area contributed by atoms with E-state index in [4.69, 9.17) is 5.73 Å². The van der Waals surface area contributed by atoms with E-state index < -0.39 is 0 Å². The van der Waals surface area contributed by atoms with Gasteiger partial charge in [-0.15, -0.1) is 12.4 Å². The smallest absolute Gasteiger partial charge is 0.222 e. The van der Waals surface area contributed by atoms with Gasteiger partial charge < -0.3 is 11.1 Å². The Bertz CT molecular complexity index is 374. The first kappa shape index (κ1) is 16.9. The van der Waals surface area contributed by atoms with Crippen molar-refractivity contribution in [2.45, 2.75) is 19.8 Å². The first-order valence-corrected chi connectivity index (χ1v) is 5.86. The lowest BCUT2D eigenvalue weighted by Gasteiger charge is -2.11. The van der Waals surface area contributed by atoms with Crippen LogP contribution in [0.3, 0.4) is 0 Å². The van der Waals surface area contributed by atoms with Crippen LogP contribution in [0.1, 0.15) is 18.9 Å². The van der Waals surface area contributed by atoms with Gasteiger partial charge in [0.25, 0.3) is 0 Å². The average molecular weight is 275 g/mol. The summed E-state index contributed by atoms with van der Waals surface area (Å²) in [4.78, 5) is 11.5. The molecule has 1 atom stereocenters. The first-order valence-electron chi connectivity index (χ1n) is 5.86. The summed E-state index contributed by atoms with van der Waals surface area (Å²) in [6.07, 6.45) is 1.21. The van der Waals surface area contributed by atoms with Gasteiger partial charge in [-0.25, -0.2) is 4.39 Å². The lowest BCUT2D eigenvalue weighted by Crippen LogP contribution is -2.33. The zero-order valence-electron chi connectivity index (χ0n) is 10.5. The van der Waals surface area contributed by atoms with Gasteiger partial charge in [-0.2, -0.15) is 0 Å². The third-order valence-corrected chi connectivity index (χ3v) is 2.70. The molecule has 0 spiro atoms. The molecule has 1 rings (SSSR count). The fourth-order valence-corrected chi connectivity index (χ4v) is 1.57. The molecular weight excluding hydrogens is 255 g/mol. The molecule has 0 bridgehead atoms. The van der Waals surface area contributed by atoms with Crippen LogP contribution in [0.25, 0.3) is 0 Å². The van der Waals surface area contributed by atoms with E-state index in [-0.39, 0.29) is 30.0 Å². The van der Waals surface area contributed by atoms with Crippen LogP contribution in [0.4, 0.5) is 4.39 Å². The molecule has 1 amide bonds. The number of hydrogen-bond acceptors (Lipinski definition) is 2. The number of halogens is 2. The van der Waals surface area contributed by atoms with E-state index in [9.17, 15) is 9.18 Å². The van der Waals surface area contributed by atoms with Crippen molar-refractivity contribution in [1.82, 2.24) is 5.32 Å². The molecule has 18 heavy (non-hydrogen) atoms. The van der Waals surface area contributed by atoms with Crippen LogP contribution >= 0.6 is 12.4 Å². The highest BCUT2D eigenvalue weighted by Crippen LogP contribution is 2.12. The van der Waals surface area contributed by atoms with Gasteiger partial charge in [-0.3, -0.25) is 4.79 Å². The molecule has 0 aliphatic heterocycles. The van der Waals surface area contributed by atoms with Crippen molar-refractivity contribution in [3.63, 3.8) is 0 Å². The molecular formula is C13H20ClFN2O. The van der Waals surface area contributed by atoms with Gasteiger partial charge in [0, 0.05) is 19.0 Å². The molecule has 3 N–H and O–H groups in total. The van der Waals surface area contributed by atoms with Crippen LogP contribution < -0.4 is 11.1 Å². The van der Waals surface area contributed by atoms with Gasteiger partial charge in [-0.05, 0) is 24.5 Å². The van der Waals surface area contributed by atoms with Crippen molar-refractivity contribution in [3.05, 3.63) is 35.6 Å². The third-order valence-electron chi connectivity index (χ3n) is 2.70. The summed E-state index contributed by atoms with van der Waals surface area (Å²) < 4.78 is 13.3. The lowest BCUT2D eigenvalue weighted by atomic mass is 10.00. The predicted molar refractivity (Wildman–Crippen MR) is 73.2 cm³/mol. The number of aryl methyl sites for hydroxylation is 1. The lowest BCUT2D eigenvalue weighted by molar-refractivity contribution is -0.124. The van der Waals surface area contributed by atoms with Gasteiger partial charge in [0.2, 0.25) is 5.91 Å². The molecule has 1 unspecified atom stereocenters. The molecule has 102 valence electrons. The number of nitrogens with two attached hydrogens (primary N) is 1. The summed E-state index contributed by atoms with van der Waals surface area (Å²) >= 11 is 0. The van der Waals surface area contributed by atoms with Gasteiger partial charge in [0.1, 0.15) is 5.82 Å². The Morgan fingerprint density at radius 1 is 1.44 bits per heavy atom. The van der Waals surface area contributed by atoms with E-state index in [1.807, 2.05) is 6.92 Å². The summed E-state index contributed by atoms with van der Waals surface area (Å²) in [6, 6.07) is 6.65. The molecule has 5 heteroatoms. The molecule has 0 saturated carbocycles. The molecule has 0 saturated heterocycles. The summed E-state index contributed by atoms with van der Waals surface area (Å²) in [6.45, 7) is 2.77. The average Bonchev–Trinajstić information content (AvgIpc) is 2.34. The largest absolute Gasteiger partial charge is 0.355 e. The van der Waals surface area contributed by atoms with E-state index in [2.05, 4.69) is 5.32 Å². The van der Waals surface area contributed by atoms with Crippen LogP contribution in [0.15, 0.2) is 24.3 Å². The van der Waals surface area contributed by atoms with Crippen LogP contribution in [0.2, 0.25) is 0 Å². The van der Waals surface area contributed by atoms with Crippen molar-refractivity contribution in [2.24, 2.45) is 11.7 Å². The van der Waals surface area contributed by atoms with E-state index >= 15 is 0 Å². The second-order valence-electron chi connectivity index (χ2n) is 4.11. The molecule has 1 aromatic rings. The summed E-state index contributed by atoms with van der Waals surface area (Å²) in [5.41, 5.74) is 5.96. The van der Waals surface area contributed by atoms with E-state index in [1.54, 1.807) is 18.2 Å². The number of nitrogens with one attached hydrogen (secondary N) is 1. The number of amides is 1. The number of benzene rings is 1. The fraction of sp³-hybridized carbons (Fsp3) is 0.462. The Balaban J connectivity index is 0.00000289. The molecule has 0 aliphatic carbocycles. The quantitative estimate of drug-likeness (QED) is 0.832. The van der Waals surface area contributed by atoms with Crippen molar-refractivity contribution >= 4 is 18.3 Å². The van der Waals surface area contributed by atoms with Crippen LogP contribution in [0.5, 0.6) is 0 Å². The minimum atomic E-state index is -0.206. The zero-order chi connectivity index (χ0) is 12.7. The number of hydrogen-bond donors (Lipinski definition) is 2. The summed E-state index contributed by atoms with van der Waals surface area (Å²) in [5.74, 6) is -0.352. The molecule has 0 heterocycles. The molecule has 0 aromatic heterocycles. The van der Waals surface area contributed by atoms with E-state index in [0.29, 0.717) is 31.5 Å². The normalized spacial score (nSPS) is 11.5. The Morgan fingerprint density at radius 3 is 2.72 bits per heavy atom. The highest BCUT2D eigenvalue weighted by atomic mass is 35.5. The van der Waals surface area contributed by atoms with Crippen molar-refractivity contribution in [2.75, 3.05) is 13.1 Å². The second kappa shape index (κ2) is 8.89. The van der Waals surface area contributed by atoms with Crippen molar-refractivity contribution in [3.8, 4) is 0 Å². The number of rotatable bonds is 6. The Hall–Kier alpha value is -1.13. The maximum absolute atomic E-state index is 13.3. The minimum Gasteiger partial charge on any atom is -0.355 e. The van der Waals surface area contributed by atoms with E-state index in [1.165, 1.54) is 6.07 Å². The predicted octanol–water partition coefficient (Wildman–Crippen LogP) is 1.89. The number of carbonyl (C=O) groups is 1. The monoisotopic (exact) mass is 274 g/mol. The highest BCUT2D eigenvalue weighted by Gasteiger charge is 2.12. The standard InChI is InChI=1S/C13H19FN2O.ClH/c1-10(13(17)16-9-8-15)6-7-11-4-2-3-5-12(11)14;/h2-5,10H,6-9,15H2,1H3,(H,16,17);1H.